The summed E-state index contributed by atoms with van der Waals surface area (Å²) in [5.74, 6) is 0.430. The van der Waals surface area contributed by atoms with Crippen molar-refractivity contribution in [2.45, 2.75) is 18.9 Å². The number of Topliss-reactive ketones (excluding diaryl/α,β-unsaturated/α-hetero) is 1. The number of rotatable bonds is 5. The van der Waals surface area contributed by atoms with Gasteiger partial charge in [0.05, 0.1) is 26.8 Å². The highest BCUT2D eigenvalue weighted by Crippen LogP contribution is 2.22. The molecule has 1 aromatic heterocycles. The fourth-order valence-corrected chi connectivity index (χ4v) is 4.04. The molecular formula is C11H13ClO3S2. The van der Waals surface area contributed by atoms with Crippen molar-refractivity contribution in [3.8, 4) is 0 Å². The Balaban J connectivity index is 1.83. The topological polar surface area (TPSA) is 43.4 Å². The summed E-state index contributed by atoms with van der Waals surface area (Å²) in [5.41, 5.74) is 0. The van der Waals surface area contributed by atoms with Gasteiger partial charge >= 0.3 is 0 Å². The maximum absolute atomic E-state index is 11.8. The van der Waals surface area contributed by atoms with E-state index in [0.717, 1.165) is 19.4 Å². The Kier molecular flexibility index (Phi) is 4.73. The molecule has 2 rings (SSSR count). The molecule has 1 aliphatic heterocycles. The van der Waals surface area contributed by atoms with Gasteiger partial charge in [0.25, 0.3) is 0 Å². The molecular weight excluding hydrogens is 280 g/mol. The van der Waals surface area contributed by atoms with Crippen molar-refractivity contribution in [3.05, 3.63) is 21.3 Å². The molecule has 1 fully saturated rings. The Morgan fingerprint density at radius 2 is 2.41 bits per heavy atom. The average molecular weight is 293 g/mol. The summed E-state index contributed by atoms with van der Waals surface area (Å²) in [6, 6.07) is 3.36. The van der Waals surface area contributed by atoms with Crippen LogP contribution in [0, 0.1) is 0 Å². The van der Waals surface area contributed by atoms with Crippen LogP contribution in [0.2, 0.25) is 4.34 Å². The molecule has 1 saturated heterocycles. The highest BCUT2D eigenvalue weighted by atomic mass is 35.5. The first kappa shape index (κ1) is 13.2. The van der Waals surface area contributed by atoms with Gasteiger partial charge in [0, 0.05) is 17.4 Å². The molecule has 2 unspecified atom stereocenters. The zero-order valence-electron chi connectivity index (χ0n) is 9.19. The van der Waals surface area contributed by atoms with E-state index in [2.05, 4.69) is 0 Å². The number of ether oxygens (including phenoxy) is 1. The van der Waals surface area contributed by atoms with E-state index >= 15 is 0 Å². The smallest absolute Gasteiger partial charge is 0.185 e. The third kappa shape index (κ3) is 3.88. The van der Waals surface area contributed by atoms with Crippen LogP contribution in [0.15, 0.2) is 12.1 Å². The summed E-state index contributed by atoms with van der Waals surface area (Å²) >= 11 is 6.98. The molecule has 0 bridgehead atoms. The van der Waals surface area contributed by atoms with Crippen molar-refractivity contribution in [2.75, 3.05) is 18.1 Å². The average Bonchev–Trinajstić information content (AvgIpc) is 2.89. The molecule has 0 aromatic carbocycles. The quantitative estimate of drug-likeness (QED) is 0.783. The lowest BCUT2D eigenvalue weighted by molar-refractivity contribution is 0.102. The third-order valence-electron chi connectivity index (χ3n) is 2.54. The van der Waals surface area contributed by atoms with Crippen molar-refractivity contribution in [1.29, 1.82) is 0 Å². The summed E-state index contributed by atoms with van der Waals surface area (Å²) in [4.78, 5) is 12.3. The van der Waals surface area contributed by atoms with Crippen molar-refractivity contribution < 1.29 is 13.7 Å². The first-order valence-electron chi connectivity index (χ1n) is 5.40. The summed E-state index contributed by atoms with van der Waals surface area (Å²) in [6.45, 7) is 0.746. The van der Waals surface area contributed by atoms with Gasteiger partial charge in [0.2, 0.25) is 0 Å². The maximum Gasteiger partial charge on any atom is 0.185 e. The van der Waals surface area contributed by atoms with Gasteiger partial charge in [0.1, 0.15) is 0 Å². The lowest BCUT2D eigenvalue weighted by Gasteiger charge is -2.07. The number of carbonyl (C=O) groups excluding carboxylic acids is 1. The molecule has 3 nitrogen and oxygen atoms in total. The zero-order chi connectivity index (χ0) is 12.3. The molecule has 0 radical (unpaired) electrons. The van der Waals surface area contributed by atoms with Gasteiger partial charge in [-0.3, -0.25) is 9.00 Å². The molecule has 0 aliphatic carbocycles. The minimum atomic E-state index is -1.14. The summed E-state index contributed by atoms with van der Waals surface area (Å²) in [5, 5.41) is 0. The number of halogens is 1. The molecule has 0 spiro atoms. The second kappa shape index (κ2) is 6.09. The van der Waals surface area contributed by atoms with E-state index in [-0.39, 0.29) is 17.6 Å². The van der Waals surface area contributed by atoms with E-state index in [0.29, 0.717) is 15.0 Å². The Labute approximate surface area is 112 Å². The lowest BCUT2D eigenvalue weighted by atomic mass is 10.3. The van der Waals surface area contributed by atoms with Gasteiger partial charge in [-0.25, -0.2) is 0 Å². The second-order valence-electron chi connectivity index (χ2n) is 3.91. The van der Waals surface area contributed by atoms with Gasteiger partial charge in [-0.2, -0.15) is 0 Å². The van der Waals surface area contributed by atoms with Gasteiger partial charge in [-0.15, -0.1) is 11.3 Å². The molecule has 1 aromatic rings. The van der Waals surface area contributed by atoms with Crippen LogP contribution in [0.3, 0.4) is 0 Å². The van der Waals surface area contributed by atoms with Crippen LogP contribution < -0.4 is 0 Å². The van der Waals surface area contributed by atoms with Crippen molar-refractivity contribution in [1.82, 2.24) is 0 Å². The standard InChI is InChI=1S/C11H13ClO3S2/c12-11-4-3-10(16-11)9(13)7-17(14)6-8-2-1-5-15-8/h3-4,8H,1-2,5-7H2. The van der Waals surface area contributed by atoms with Crippen LogP contribution in [0.4, 0.5) is 0 Å². The fraction of sp³-hybridized carbons (Fsp3) is 0.545. The second-order valence-corrected chi connectivity index (χ2v) is 7.13. The summed E-state index contributed by atoms with van der Waals surface area (Å²) in [6.07, 6.45) is 2.04. The molecule has 17 heavy (non-hydrogen) atoms. The summed E-state index contributed by atoms with van der Waals surface area (Å²) < 4.78 is 17.7. The fourth-order valence-electron chi connectivity index (χ4n) is 1.72. The molecule has 6 heteroatoms. The van der Waals surface area contributed by atoms with E-state index in [1.54, 1.807) is 12.1 Å². The van der Waals surface area contributed by atoms with Gasteiger partial charge in [-0.05, 0) is 25.0 Å². The molecule has 1 aliphatic rings. The number of hydrogen-bond acceptors (Lipinski definition) is 4. The number of hydrogen-bond donors (Lipinski definition) is 0. The van der Waals surface area contributed by atoms with Crippen LogP contribution >= 0.6 is 22.9 Å². The van der Waals surface area contributed by atoms with E-state index in [9.17, 15) is 9.00 Å². The summed E-state index contributed by atoms with van der Waals surface area (Å²) in [7, 11) is -1.14. The lowest BCUT2D eigenvalue weighted by Crippen LogP contribution is -2.20. The van der Waals surface area contributed by atoms with Crippen LogP contribution in [0.1, 0.15) is 22.5 Å². The number of carbonyl (C=O) groups is 1. The van der Waals surface area contributed by atoms with Gasteiger partial charge in [0.15, 0.2) is 5.78 Å². The minimum absolute atomic E-state index is 0.0653. The predicted octanol–water partition coefficient (Wildman–Crippen LogP) is 2.51. The largest absolute Gasteiger partial charge is 0.377 e. The zero-order valence-corrected chi connectivity index (χ0v) is 11.6. The van der Waals surface area contributed by atoms with Crippen LogP contribution in [-0.4, -0.2) is 34.2 Å². The highest BCUT2D eigenvalue weighted by molar-refractivity contribution is 7.85. The SMILES string of the molecule is O=C(CS(=O)CC1CCCO1)c1ccc(Cl)s1. The van der Waals surface area contributed by atoms with Gasteiger partial charge < -0.3 is 4.74 Å². The molecule has 2 heterocycles. The van der Waals surface area contributed by atoms with Crippen molar-refractivity contribution >= 4 is 39.5 Å². The van der Waals surface area contributed by atoms with E-state index < -0.39 is 10.8 Å². The van der Waals surface area contributed by atoms with Gasteiger partial charge in [-0.1, -0.05) is 11.6 Å². The van der Waals surface area contributed by atoms with Crippen LogP contribution in [0.25, 0.3) is 0 Å². The molecule has 0 saturated carbocycles. The number of ketones is 1. The minimum Gasteiger partial charge on any atom is -0.377 e. The Morgan fingerprint density at radius 3 is 3.00 bits per heavy atom. The first-order chi connectivity index (χ1) is 8.15. The molecule has 0 amide bonds. The highest BCUT2D eigenvalue weighted by Gasteiger charge is 2.20. The Bertz CT molecular complexity index is 424. The first-order valence-corrected chi connectivity index (χ1v) is 8.08. The molecule has 94 valence electrons. The normalized spacial score (nSPS) is 21.6. The maximum atomic E-state index is 11.8. The van der Waals surface area contributed by atoms with Crippen LogP contribution in [-0.2, 0) is 15.5 Å². The number of thiophene rings is 1. The molecule has 2 atom stereocenters. The monoisotopic (exact) mass is 292 g/mol. The molecule has 0 N–H and O–H groups in total. The predicted molar refractivity (Wildman–Crippen MR) is 70.5 cm³/mol. The van der Waals surface area contributed by atoms with Crippen molar-refractivity contribution in [2.24, 2.45) is 0 Å². The Morgan fingerprint density at radius 1 is 1.59 bits per heavy atom. The Hall–Kier alpha value is -0.230. The van der Waals surface area contributed by atoms with E-state index in [1.807, 2.05) is 0 Å². The van der Waals surface area contributed by atoms with Crippen LogP contribution in [0.5, 0.6) is 0 Å². The third-order valence-corrected chi connectivity index (χ3v) is 5.14. The van der Waals surface area contributed by atoms with E-state index in [1.165, 1.54) is 11.3 Å². The van der Waals surface area contributed by atoms with Crippen molar-refractivity contribution in [3.63, 3.8) is 0 Å². The van der Waals surface area contributed by atoms with E-state index in [4.69, 9.17) is 16.3 Å².